The Morgan fingerprint density at radius 2 is 1.90 bits per heavy atom. The molecule has 6 nitrogen and oxygen atoms in total. The molecule has 0 atom stereocenters. The predicted molar refractivity (Wildman–Crippen MR) is 108 cm³/mol. The Morgan fingerprint density at radius 1 is 1.10 bits per heavy atom. The minimum absolute atomic E-state index is 0.166. The molecular formula is C20H16FN3O3S2. The highest BCUT2D eigenvalue weighted by Crippen LogP contribution is 2.33. The second-order valence-corrected chi connectivity index (χ2v) is 9.27. The molecule has 0 saturated heterocycles. The van der Waals surface area contributed by atoms with E-state index in [1.54, 1.807) is 19.1 Å². The molecule has 2 heterocycles. The average Bonchev–Trinajstić information content (AvgIpc) is 3.35. The van der Waals surface area contributed by atoms with E-state index in [4.69, 9.17) is 4.52 Å². The molecule has 0 amide bonds. The van der Waals surface area contributed by atoms with Gasteiger partial charge in [-0.15, -0.1) is 11.3 Å². The van der Waals surface area contributed by atoms with E-state index in [0.29, 0.717) is 15.3 Å². The summed E-state index contributed by atoms with van der Waals surface area (Å²) >= 11 is 1.24. The van der Waals surface area contributed by atoms with Crippen LogP contribution in [0.25, 0.3) is 22.2 Å². The van der Waals surface area contributed by atoms with Crippen LogP contribution in [-0.4, -0.2) is 18.6 Å². The fourth-order valence-electron chi connectivity index (χ4n) is 2.76. The maximum Gasteiger partial charge on any atom is 0.268 e. The van der Waals surface area contributed by atoms with E-state index in [2.05, 4.69) is 14.9 Å². The van der Waals surface area contributed by atoms with Crippen molar-refractivity contribution >= 4 is 21.4 Å². The molecule has 4 aromatic rings. The number of nitrogens with one attached hydrogen (secondary N) is 1. The van der Waals surface area contributed by atoms with Crippen molar-refractivity contribution in [1.29, 1.82) is 0 Å². The van der Waals surface area contributed by atoms with Crippen molar-refractivity contribution in [2.75, 3.05) is 0 Å². The molecule has 2 aromatic carbocycles. The first kappa shape index (κ1) is 19.4. The normalized spacial score (nSPS) is 11.7. The van der Waals surface area contributed by atoms with Crippen LogP contribution >= 0.6 is 11.3 Å². The summed E-state index contributed by atoms with van der Waals surface area (Å²) in [6, 6.07) is 16.6. The lowest BCUT2D eigenvalue weighted by molar-refractivity contribution is 0.433. The lowest BCUT2D eigenvalue weighted by atomic mass is 10.2. The van der Waals surface area contributed by atoms with Gasteiger partial charge in [-0.05, 0) is 30.7 Å². The van der Waals surface area contributed by atoms with Crippen LogP contribution in [0.2, 0.25) is 0 Å². The van der Waals surface area contributed by atoms with Gasteiger partial charge in [-0.25, -0.2) is 17.5 Å². The number of thiophene rings is 1. The third kappa shape index (κ3) is 4.26. The molecule has 0 spiro atoms. The summed E-state index contributed by atoms with van der Waals surface area (Å²) in [6.07, 6.45) is 0. The van der Waals surface area contributed by atoms with Crippen molar-refractivity contribution in [3.63, 3.8) is 0 Å². The van der Waals surface area contributed by atoms with Gasteiger partial charge in [0.2, 0.25) is 15.8 Å². The highest BCUT2D eigenvalue weighted by atomic mass is 32.2. The standard InChI is InChI=1S/C20H16FN3O3S2/c1-13-18(29(25,26)22-12-14-6-3-2-4-7-14)11-17(28-13)20-23-19(24-27-20)15-8-5-9-16(21)10-15/h2-11,22H,12H2,1H3. The summed E-state index contributed by atoms with van der Waals surface area (Å²) in [6.45, 7) is 1.91. The van der Waals surface area contributed by atoms with E-state index >= 15 is 0 Å². The highest BCUT2D eigenvalue weighted by Gasteiger charge is 2.22. The van der Waals surface area contributed by atoms with Gasteiger partial charge in [0.1, 0.15) is 5.82 Å². The molecule has 1 N–H and O–H groups in total. The van der Waals surface area contributed by atoms with Crippen LogP contribution in [0.3, 0.4) is 0 Å². The van der Waals surface area contributed by atoms with E-state index in [1.807, 2.05) is 30.3 Å². The number of benzene rings is 2. The molecule has 0 aliphatic rings. The second-order valence-electron chi connectivity index (χ2n) is 6.27. The average molecular weight is 429 g/mol. The number of aryl methyl sites for hydroxylation is 1. The molecule has 29 heavy (non-hydrogen) atoms. The van der Waals surface area contributed by atoms with E-state index in [0.717, 1.165) is 5.56 Å². The van der Waals surface area contributed by atoms with Crippen molar-refractivity contribution in [1.82, 2.24) is 14.9 Å². The van der Waals surface area contributed by atoms with Gasteiger partial charge in [-0.2, -0.15) is 4.98 Å². The first-order valence-corrected chi connectivity index (χ1v) is 11.0. The molecule has 0 radical (unpaired) electrons. The molecule has 0 unspecified atom stereocenters. The first-order chi connectivity index (χ1) is 13.9. The zero-order valence-corrected chi connectivity index (χ0v) is 16.9. The number of hydrogen-bond donors (Lipinski definition) is 1. The summed E-state index contributed by atoms with van der Waals surface area (Å²) in [5, 5.41) is 3.87. The molecule has 0 aliphatic heterocycles. The summed E-state index contributed by atoms with van der Waals surface area (Å²) in [5.74, 6) is 0.0118. The molecule has 148 valence electrons. The monoisotopic (exact) mass is 429 g/mol. The van der Waals surface area contributed by atoms with Gasteiger partial charge in [0.15, 0.2) is 0 Å². The largest absolute Gasteiger partial charge is 0.333 e. The maximum atomic E-state index is 13.4. The molecule has 9 heteroatoms. The van der Waals surface area contributed by atoms with Gasteiger partial charge in [-0.3, -0.25) is 0 Å². The number of hydrogen-bond acceptors (Lipinski definition) is 6. The molecule has 4 rings (SSSR count). The van der Waals surface area contributed by atoms with Crippen LogP contribution in [0.4, 0.5) is 4.39 Å². The fourth-order valence-corrected chi connectivity index (χ4v) is 5.29. The minimum Gasteiger partial charge on any atom is -0.333 e. The van der Waals surface area contributed by atoms with Gasteiger partial charge in [0, 0.05) is 17.0 Å². The lowest BCUT2D eigenvalue weighted by Crippen LogP contribution is -2.23. The molecular weight excluding hydrogens is 413 g/mol. The molecule has 0 saturated carbocycles. The Bertz CT molecular complexity index is 1250. The van der Waals surface area contributed by atoms with Gasteiger partial charge >= 0.3 is 0 Å². The number of nitrogens with zero attached hydrogens (tertiary/aromatic N) is 2. The zero-order valence-electron chi connectivity index (χ0n) is 15.3. The van der Waals surface area contributed by atoms with Crippen molar-refractivity contribution in [3.8, 4) is 22.2 Å². The third-order valence-electron chi connectivity index (χ3n) is 4.19. The molecule has 0 fully saturated rings. The Hall–Kier alpha value is -2.88. The van der Waals surface area contributed by atoms with Crippen LogP contribution in [0.1, 0.15) is 10.4 Å². The SMILES string of the molecule is Cc1sc(-c2nc(-c3cccc(F)c3)no2)cc1S(=O)(=O)NCc1ccccc1. The van der Waals surface area contributed by atoms with Crippen molar-refractivity contribution in [3.05, 3.63) is 76.9 Å². The smallest absolute Gasteiger partial charge is 0.268 e. The Balaban J connectivity index is 1.58. The van der Waals surface area contributed by atoms with Crippen LogP contribution in [0.5, 0.6) is 0 Å². The quantitative estimate of drug-likeness (QED) is 0.491. The van der Waals surface area contributed by atoms with E-state index in [1.165, 1.54) is 29.5 Å². The van der Waals surface area contributed by atoms with Crippen molar-refractivity contribution < 1.29 is 17.3 Å². The van der Waals surface area contributed by atoms with E-state index in [-0.39, 0.29) is 23.2 Å². The fraction of sp³-hybridized carbons (Fsp3) is 0.100. The number of aromatic nitrogens is 2. The summed E-state index contributed by atoms with van der Waals surface area (Å²) < 4.78 is 46.7. The lowest BCUT2D eigenvalue weighted by Gasteiger charge is -2.06. The van der Waals surface area contributed by atoms with Gasteiger partial charge in [0.05, 0.1) is 9.77 Å². The van der Waals surface area contributed by atoms with Crippen LogP contribution in [0, 0.1) is 12.7 Å². The van der Waals surface area contributed by atoms with Gasteiger partial charge in [0.25, 0.3) is 5.89 Å². The Kier molecular flexibility index (Phi) is 5.27. The summed E-state index contributed by atoms with van der Waals surface area (Å²) in [5.41, 5.74) is 1.34. The number of sulfonamides is 1. The minimum atomic E-state index is -3.71. The van der Waals surface area contributed by atoms with Gasteiger partial charge in [-0.1, -0.05) is 47.6 Å². The van der Waals surface area contributed by atoms with Crippen LogP contribution < -0.4 is 4.72 Å². The number of rotatable bonds is 6. The van der Waals surface area contributed by atoms with Crippen molar-refractivity contribution in [2.24, 2.45) is 0 Å². The summed E-state index contributed by atoms with van der Waals surface area (Å²) in [4.78, 5) is 5.57. The predicted octanol–water partition coefficient (Wildman–Crippen LogP) is 4.39. The van der Waals surface area contributed by atoms with E-state index in [9.17, 15) is 12.8 Å². The van der Waals surface area contributed by atoms with E-state index < -0.39 is 15.8 Å². The van der Waals surface area contributed by atoms with Crippen LogP contribution in [0.15, 0.2) is 70.1 Å². The third-order valence-corrected chi connectivity index (χ3v) is 6.89. The number of halogens is 1. The molecule has 0 bridgehead atoms. The second kappa shape index (κ2) is 7.86. The maximum absolute atomic E-state index is 13.4. The molecule has 2 aromatic heterocycles. The van der Waals surface area contributed by atoms with Gasteiger partial charge < -0.3 is 4.52 Å². The topological polar surface area (TPSA) is 85.1 Å². The Labute approximate surface area is 171 Å². The summed E-state index contributed by atoms with van der Waals surface area (Å²) in [7, 11) is -3.71. The van der Waals surface area contributed by atoms with Crippen LogP contribution in [-0.2, 0) is 16.6 Å². The van der Waals surface area contributed by atoms with Crippen molar-refractivity contribution in [2.45, 2.75) is 18.4 Å². The first-order valence-electron chi connectivity index (χ1n) is 8.66. The zero-order chi connectivity index (χ0) is 20.4. The highest BCUT2D eigenvalue weighted by molar-refractivity contribution is 7.89. The Morgan fingerprint density at radius 3 is 2.66 bits per heavy atom. The molecule has 0 aliphatic carbocycles.